The molecular weight excluding hydrogens is 348 g/mol. The van der Waals surface area contributed by atoms with Gasteiger partial charge in [-0.1, -0.05) is 54.1 Å². The van der Waals surface area contributed by atoms with Gasteiger partial charge in [-0.2, -0.15) is 0 Å². The van der Waals surface area contributed by atoms with Crippen molar-refractivity contribution in [2.24, 2.45) is 0 Å². The van der Waals surface area contributed by atoms with Crippen LogP contribution in [-0.2, 0) is 22.6 Å². The minimum absolute atomic E-state index is 0.0123. The molecular formula is C21H23ClN2O2. The number of halogens is 1. The van der Waals surface area contributed by atoms with E-state index in [4.69, 9.17) is 11.6 Å². The Morgan fingerprint density at radius 1 is 1.08 bits per heavy atom. The molecule has 0 unspecified atom stereocenters. The number of benzene rings is 2. The third kappa shape index (κ3) is 5.33. The maximum absolute atomic E-state index is 12.2. The number of nitrogens with zero attached hydrogens (tertiary/aromatic N) is 1. The molecule has 1 saturated heterocycles. The molecule has 0 bridgehead atoms. The number of likely N-dealkylation sites (tertiary alicyclic amines) is 1. The Hall–Kier alpha value is -2.33. The zero-order chi connectivity index (χ0) is 18.4. The second-order valence-corrected chi connectivity index (χ2v) is 7.14. The van der Waals surface area contributed by atoms with Crippen LogP contribution in [0.25, 0.3) is 0 Å². The number of carbonyl (C=O) groups excluding carboxylic acids is 2. The van der Waals surface area contributed by atoms with E-state index in [1.165, 1.54) is 5.56 Å². The second-order valence-electron chi connectivity index (χ2n) is 6.71. The summed E-state index contributed by atoms with van der Waals surface area (Å²) in [6, 6.07) is 17.5. The predicted octanol–water partition coefficient (Wildman–Crippen LogP) is 3.58. The summed E-state index contributed by atoms with van der Waals surface area (Å²) in [5.41, 5.74) is 2.28. The summed E-state index contributed by atoms with van der Waals surface area (Å²) in [6.07, 6.45) is 2.47. The molecule has 5 heteroatoms. The van der Waals surface area contributed by atoms with Crippen molar-refractivity contribution in [1.82, 2.24) is 10.2 Å². The average molecular weight is 371 g/mol. The highest BCUT2D eigenvalue weighted by Crippen LogP contribution is 2.16. The Bertz CT molecular complexity index is 746. The molecule has 26 heavy (non-hydrogen) atoms. The summed E-state index contributed by atoms with van der Waals surface area (Å²) in [6.45, 7) is 1.18. The zero-order valence-corrected chi connectivity index (χ0v) is 15.4. The van der Waals surface area contributed by atoms with E-state index in [0.717, 1.165) is 23.4 Å². The van der Waals surface area contributed by atoms with Gasteiger partial charge in [0.25, 0.3) is 0 Å². The number of amides is 2. The van der Waals surface area contributed by atoms with Crippen LogP contribution in [0.15, 0.2) is 54.6 Å². The largest absolute Gasteiger partial charge is 0.351 e. The highest BCUT2D eigenvalue weighted by molar-refractivity contribution is 6.30. The smallest absolute Gasteiger partial charge is 0.225 e. The summed E-state index contributed by atoms with van der Waals surface area (Å²) < 4.78 is 0. The van der Waals surface area contributed by atoms with Crippen molar-refractivity contribution in [3.05, 3.63) is 70.7 Å². The van der Waals surface area contributed by atoms with Crippen LogP contribution in [0.5, 0.6) is 0 Å². The molecule has 4 nitrogen and oxygen atoms in total. The van der Waals surface area contributed by atoms with E-state index in [-0.39, 0.29) is 17.9 Å². The molecule has 136 valence electrons. The van der Waals surface area contributed by atoms with E-state index < -0.39 is 0 Å². The van der Waals surface area contributed by atoms with Crippen molar-refractivity contribution in [2.45, 2.75) is 38.3 Å². The summed E-state index contributed by atoms with van der Waals surface area (Å²) in [4.78, 5) is 26.1. The summed E-state index contributed by atoms with van der Waals surface area (Å²) in [5.74, 6) is 0.110. The van der Waals surface area contributed by atoms with Crippen LogP contribution in [0, 0.1) is 0 Å². The van der Waals surface area contributed by atoms with E-state index in [1.807, 2.05) is 59.5 Å². The lowest BCUT2D eigenvalue weighted by Crippen LogP contribution is -2.36. The molecule has 0 radical (unpaired) electrons. The highest BCUT2D eigenvalue weighted by Gasteiger charge is 2.30. The Morgan fingerprint density at radius 2 is 1.81 bits per heavy atom. The van der Waals surface area contributed by atoms with Crippen molar-refractivity contribution in [3.63, 3.8) is 0 Å². The van der Waals surface area contributed by atoms with Crippen LogP contribution in [-0.4, -0.2) is 29.3 Å². The lowest BCUT2D eigenvalue weighted by Gasteiger charge is -2.17. The molecule has 0 spiro atoms. The quantitative estimate of drug-likeness (QED) is 0.809. The fourth-order valence-corrected chi connectivity index (χ4v) is 3.36. The van der Waals surface area contributed by atoms with Gasteiger partial charge in [-0.3, -0.25) is 9.59 Å². The maximum Gasteiger partial charge on any atom is 0.225 e. The first-order chi connectivity index (χ1) is 12.6. The minimum Gasteiger partial charge on any atom is -0.351 e. The van der Waals surface area contributed by atoms with Crippen molar-refractivity contribution in [3.8, 4) is 0 Å². The number of aryl methyl sites for hydroxylation is 1. The maximum atomic E-state index is 12.2. The van der Waals surface area contributed by atoms with E-state index >= 15 is 0 Å². The lowest BCUT2D eigenvalue weighted by molar-refractivity contribution is -0.128. The molecule has 1 heterocycles. The standard InChI is InChI=1S/C21H23ClN2O2/c22-18-11-9-16(10-12-18)7-4-8-20(25)23-19-13-21(26)24(15-19)14-17-5-2-1-3-6-17/h1-3,5-6,9-12,19H,4,7-8,13-15H2,(H,23,25)/t19-/m1/s1. The molecule has 2 aromatic rings. The first-order valence-electron chi connectivity index (χ1n) is 8.95. The van der Waals surface area contributed by atoms with Crippen LogP contribution >= 0.6 is 11.6 Å². The van der Waals surface area contributed by atoms with Crippen molar-refractivity contribution >= 4 is 23.4 Å². The highest BCUT2D eigenvalue weighted by atomic mass is 35.5. The topological polar surface area (TPSA) is 49.4 Å². The SMILES string of the molecule is O=C(CCCc1ccc(Cl)cc1)N[C@@H]1CC(=O)N(Cc2ccccc2)C1. The molecule has 2 aromatic carbocycles. The van der Waals surface area contributed by atoms with Gasteiger partial charge in [-0.15, -0.1) is 0 Å². The first kappa shape index (κ1) is 18.5. The Kier molecular flexibility index (Phi) is 6.29. The van der Waals surface area contributed by atoms with Crippen LogP contribution in [0.3, 0.4) is 0 Å². The second kappa shape index (κ2) is 8.86. The Morgan fingerprint density at radius 3 is 2.54 bits per heavy atom. The normalized spacial score (nSPS) is 16.7. The predicted molar refractivity (Wildman–Crippen MR) is 103 cm³/mol. The van der Waals surface area contributed by atoms with Gasteiger partial charge in [0, 0.05) is 31.0 Å². The van der Waals surface area contributed by atoms with Crippen LogP contribution < -0.4 is 5.32 Å². The third-order valence-electron chi connectivity index (χ3n) is 4.58. The molecule has 2 amide bonds. The van der Waals surface area contributed by atoms with Crippen LogP contribution in [0.4, 0.5) is 0 Å². The molecule has 0 saturated carbocycles. The number of carbonyl (C=O) groups is 2. The molecule has 0 aromatic heterocycles. The van der Waals surface area contributed by atoms with E-state index in [0.29, 0.717) is 25.9 Å². The number of nitrogens with one attached hydrogen (secondary N) is 1. The molecule has 1 aliphatic rings. The van der Waals surface area contributed by atoms with Gasteiger partial charge in [-0.25, -0.2) is 0 Å². The molecule has 1 fully saturated rings. The van der Waals surface area contributed by atoms with Gasteiger partial charge in [0.1, 0.15) is 0 Å². The monoisotopic (exact) mass is 370 g/mol. The number of hydrogen-bond donors (Lipinski definition) is 1. The number of hydrogen-bond acceptors (Lipinski definition) is 2. The van der Waals surface area contributed by atoms with Crippen LogP contribution in [0.1, 0.15) is 30.4 Å². The van der Waals surface area contributed by atoms with Gasteiger partial charge in [-0.05, 0) is 36.1 Å². The summed E-state index contributed by atoms with van der Waals surface area (Å²) in [7, 11) is 0. The lowest BCUT2D eigenvalue weighted by atomic mass is 10.1. The summed E-state index contributed by atoms with van der Waals surface area (Å²) >= 11 is 5.87. The molecule has 3 rings (SSSR count). The molecule has 1 aliphatic heterocycles. The zero-order valence-electron chi connectivity index (χ0n) is 14.7. The molecule has 1 atom stereocenters. The molecule has 1 N–H and O–H groups in total. The Labute approximate surface area is 159 Å². The van der Waals surface area contributed by atoms with Gasteiger partial charge in [0.15, 0.2) is 0 Å². The van der Waals surface area contributed by atoms with E-state index in [1.54, 1.807) is 0 Å². The van der Waals surface area contributed by atoms with Gasteiger partial charge >= 0.3 is 0 Å². The first-order valence-corrected chi connectivity index (χ1v) is 9.33. The van der Waals surface area contributed by atoms with Crippen molar-refractivity contribution in [2.75, 3.05) is 6.54 Å². The fourth-order valence-electron chi connectivity index (χ4n) is 3.23. The van der Waals surface area contributed by atoms with Crippen molar-refractivity contribution in [1.29, 1.82) is 0 Å². The Balaban J connectivity index is 1.40. The van der Waals surface area contributed by atoms with Gasteiger partial charge < -0.3 is 10.2 Å². The average Bonchev–Trinajstić information content (AvgIpc) is 2.96. The third-order valence-corrected chi connectivity index (χ3v) is 4.83. The fraction of sp³-hybridized carbons (Fsp3) is 0.333. The molecule has 0 aliphatic carbocycles. The summed E-state index contributed by atoms with van der Waals surface area (Å²) in [5, 5.41) is 3.72. The van der Waals surface area contributed by atoms with Gasteiger partial charge in [0.2, 0.25) is 11.8 Å². The minimum atomic E-state index is -0.0887. The van der Waals surface area contributed by atoms with E-state index in [9.17, 15) is 9.59 Å². The van der Waals surface area contributed by atoms with Crippen LogP contribution in [0.2, 0.25) is 5.02 Å². The number of rotatable bonds is 7. The van der Waals surface area contributed by atoms with E-state index in [2.05, 4.69) is 5.32 Å². The van der Waals surface area contributed by atoms with Crippen molar-refractivity contribution < 1.29 is 9.59 Å². The van der Waals surface area contributed by atoms with Gasteiger partial charge in [0.05, 0.1) is 6.04 Å².